The van der Waals surface area contributed by atoms with Gasteiger partial charge in [-0.3, -0.25) is 4.90 Å². The van der Waals surface area contributed by atoms with Gasteiger partial charge in [0.15, 0.2) is 0 Å². The van der Waals surface area contributed by atoms with Gasteiger partial charge < -0.3 is 4.74 Å². The van der Waals surface area contributed by atoms with Crippen LogP contribution in [0.15, 0.2) is 42.5 Å². The van der Waals surface area contributed by atoms with Crippen LogP contribution < -0.4 is 4.74 Å². The second kappa shape index (κ2) is 5.58. The van der Waals surface area contributed by atoms with Crippen molar-refractivity contribution in [3.05, 3.63) is 59.4 Å². The Balaban J connectivity index is 1.83. The smallest absolute Gasteiger partial charge is 0.137 e. The molecule has 0 unspecified atom stereocenters. The van der Waals surface area contributed by atoms with Gasteiger partial charge in [-0.2, -0.15) is 0 Å². The zero-order valence-corrected chi connectivity index (χ0v) is 12.4. The van der Waals surface area contributed by atoms with E-state index in [0.29, 0.717) is 11.3 Å². The van der Waals surface area contributed by atoms with Crippen LogP contribution in [0.4, 0.5) is 4.39 Å². The van der Waals surface area contributed by atoms with Crippen LogP contribution in [0.1, 0.15) is 24.0 Å². The Morgan fingerprint density at radius 3 is 2.59 bits per heavy atom. The number of ether oxygens (including phenoxy) is 1. The number of hydrogen-bond donors (Lipinski definition) is 0. The number of likely N-dealkylation sites (tertiary alicyclic amines) is 1. The predicted molar refractivity (Wildman–Crippen MR) is 86.5 cm³/mol. The van der Waals surface area contributed by atoms with E-state index in [4.69, 9.17) is 4.74 Å². The first-order valence-electron chi connectivity index (χ1n) is 7.80. The summed E-state index contributed by atoms with van der Waals surface area (Å²) in [5, 5.41) is 0. The summed E-state index contributed by atoms with van der Waals surface area (Å²) < 4.78 is 20.2. The van der Waals surface area contributed by atoms with Crippen LogP contribution in [0.5, 0.6) is 11.5 Å². The fourth-order valence-electron chi connectivity index (χ4n) is 3.25. The van der Waals surface area contributed by atoms with Crippen molar-refractivity contribution in [1.29, 1.82) is 0 Å². The van der Waals surface area contributed by atoms with Gasteiger partial charge in [0.1, 0.15) is 17.3 Å². The van der Waals surface area contributed by atoms with E-state index in [1.165, 1.54) is 18.9 Å². The highest BCUT2D eigenvalue weighted by Gasteiger charge is 2.21. The lowest BCUT2D eigenvalue weighted by Gasteiger charge is -2.18. The zero-order chi connectivity index (χ0) is 14.9. The summed E-state index contributed by atoms with van der Waals surface area (Å²) in [7, 11) is 0. The van der Waals surface area contributed by atoms with E-state index in [1.807, 2.05) is 30.3 Å². The van der Waals surface area contributed by atoms with Crippen LogP contribution in [0.3, 0.4) is 0 Å². The summed E-state index contributed by atoms with van der Waals surface area (Å²) in [5.41, 5.74) is 2.74. The van der Waals surface area contributed by atoms with Crippen molar-refractivity contribution in [2.24, 2.45) is 0 Å². The second-order valence-corrected chi connectivity index (χ2v) is 5.90. The van der Waals surface area contributed by atoms with E-state index in [-0.39, 0.29) is 5.82 Å². The first-order valence-corrected chi connectivity index (χ1v) is 7.80. The minimum absolute atomic E-state index is 0.232. The van der Waals surface area contributed by atoms with Crippen LogP contribution in [0, 0.1) is 5.82 Å². The molecule has 0 spiro atoms. The predicted octanol–water partition coefficient (Wildman–Crippen LogP) is 4.57. The molecular weight excluding hydrogens is 277 g/mol. The van der Waals surface area contributed by atoms with Gasteiger partial charge in [-0.05, 0) is 55.8 Å². The van der Waals surface area contributed by atoms with Crippen molar-refractivity contribution in [3.63, 3.8) is 0 Å². The molecule has 0 radical (unpaired) electrons. The molecule has 3 heteroatoms. The lowest BCUT2D eigenvalue weighted by atomic mass is 10.0. The highest BCUT2D eigenvalue weighted by atomic mass is 19.1. The number of nitrogens with zero attached hydrogens (tertiary/aromatic N) is 1. The minimum Gasteiger partial charge on any atom is -0.456 e. The van der Waals surface area contributed by atoms with Gasteiger partial charge >= 0.3 is 0 Å². The van der Waals surface area contributed by atoms with Gasteiger partial charge in [-0.25, -0.2) is 4.39 Å². The van der Waals surface area contributed by atoms with Gasteiger partial charge in [0.25, 0.3) is 0 Å². The fourth-order valence-corrected chi connectivity index (χ4v) is 3.25. The number of rotatable bonds is 2. The summed E-state index contributed by atoms with van der Waals surface area (Å²) in [4.78, 5) is 2.43. The normalized spacial score (nSPS) is 17.2. The molecule has 2 aromatic rings. The largest absolute Gasteiger partial charge is 0.456 e. The maximum absolute atomic E-state index is 14.2. The van der Waals surface area contributed by atoms with Crippen LogP contribution in [-0.2, 0) is 0 Å². The summed E-state index contributed by atoms with van der Waals surface area (Å²) in [6, 6.07) is 13.0. The van der Waals surface area contributed by atoms with E-state index in [9.17, 15) is 4.39 Å². The Bertz CT molecular complexity index is 732. The third-order valence-corrected chi connectivity index (χ3v) is 4.38. The highest BCUT2D eigenvalue weighted by Crippen LogP contribution is 2.39. The quantitative estimate of drug-likeness (QED) is 0.805. The molecule has 2 aliphatic heterocycles. The van der Waals surface area contributed by atoms with Crippen molar-refractivity contribution < 1.29 is 9.13 Å². The molecule has 22 heavy (non-hydrogen) atoms. The minimum atomic E-state index is -0.232. The van der Waals surface area contributed by atoms with Gasteiger partial charge in [0.2, 0.25) is 0 Å². The Labute approximate surface area is 129 Å². The van der Waals surface area contributed by atoms with Crippen LogP contribution >= 0.6 is 0 Å². The van der Waals surface area contributed by atoms with Crippen molar-refractivity contribution in [3.8, 4) is 11.5 Å². The van der Waals surface area contributed by atoms with Crippen molar-refractivity contribution >= 4 is 11.6 Å². The molecule has 0 N–H and O–H groups in total. The number of hydrogen-bond acceptors (Lipinski definition) is 2. The number of benzene rings is 2. The monoisotopic (exact) mass is 295 g/mol. The molecule has 0 aromatic heterocycles. The molecule has 0 bridgehead atoms. The molecule has 0 aliphatic carbocycles. The average Bonchev–Trinajstić information content (AvgIpc) is 2.97. The molecule has 0 saturated carbocycles. The van der Waals surface area contributed by atoms with Gasteiger partial charge in [-0.1, -0.05) is 24.3 Å². The molecular formula is C19H18FNO. The van der Waals surface area contributed by atoms with Gasteiger partial charge in [0, 0.05) is 12.1 Å². The lowest BCUT2D eigenvalue weighted by molar-refractivity contribution is 0.383. The van der Waals surface area contributed by atoms with Crippen molar-refractivity contribution in [2.45, 2.75) is 12.8 Å². The summed E-state index contributed by atoms with van der Waals surface area (Å²) >= 11 is 0. The number of para-hydroxylation sites is 1. The zero-order valence-electron chi connectivity index (χ0n) is 12.4. The Morgan fingerprint density at radius 2 is 1.73 bits per heavy atom. The topological polar surface area (TPSA) is 12.5 Å². The Morgan fingerprint density at radius 1 is 0.955 bits per heavy atom. The van der Waals surface area contributed by atoms with E-state index in [2.05, 4.69) is 11.0 Å². The number of halogens is 1. The third kappa shape index (κ3) is 2.42. The summed E-state index contributed by atoms with van der Waals surface area (Å²) in [6.45, 7) is 3.07. The molecule has 1 fully saturated rings. The summed E-state index contributed by atoms with van der Waals surface area (Å²) in [6.07, 6.45) is 4.45. The van der Waals surface area contributed by atoms with Gasteiger partial charge in [-0.15, -0.1) is 0 Å². The molecule has 0 atom stereocenters. The van der Waals surface area contributed by atoms with E-state index in [0.717, 1.165) is 36.5 Å². The maximum Gasteiger partial charge on any atom is 0.137 e. The lowest BCUT2D eigenvalue weighted by Crippen LogP contribution is -2.21. The average molecular weight is 295 g/mol. The summed E-state index contributed by atoms with van der Waals surface area (Å²) in [5.74, 6) is 1.16. The molecule has 2 aromatic carbocycles. The fraction of sp³-hybridized carbons (Fsp3) is 0.263. The molecule has 2 heterocycles. The highest BCUT2D eigenvalue weighted by molar-refractivity contribution is 5.88. The van der Waals surface area contributed by atoms with E-state index >= 15 is 0 Å². The van der Waals surface area contributed by atoms with Crippen LogP contribution in [0.2, 0.25) is 0 Å². The van der Waals surface area contributed by atoms with Crippen LogP contribution in [0.25, 0.3) is 11.6 Å². The Kier molecular flexibility index (Phi) is 3.43. The molecule has 4 rings (SSSR count). The molecule has 0 amide bonds. The van der Waals surface area contributed by atoms with Crippen molar-refractivity contribution in [2.75, 3.05) is 19.6 Å². The maximum atomic E-state index is 14.2. The Hall–Kier alpha value is -2.13. The van der Waals surface area contributed by atoms with E-state index in [1.54, 1.807) is 6.07 Å². The van der Waals surface area contributed by atoms with Crippen LogP contribution in [-0.4, -0.2) is 24.5 Å². The second-order valence-electron chi connectivity index (χ2n) is 5.90. The molecule has 2 aliphatic rings. The van der Waals surface area contributed by atoms with Crippen molar-refractivity contribution in [1.82, 2.24) is 4.90 Å². The molecule has 112 valence electrons. The number of fused-ring (bicyclic) bond motifs is 2. The van der Waals surface area contributed by atoms with Gasteiger partial charge in [0.05, 0.1) is 5.56 Å². The SMILES string of the molecule is Fc1cccc2c1C=C(CN1CCCC1)c1ccccc1O2. The molecule has 1 saturated heterocycles. The first-order chi connectivity index (χ1) is 10.8. The first kappa shape index (κ1) is 13.5. The molecule has 2 nitrogen and oxygen atoms in total. The third-order valence-electron chi connectivity index (χ3n) is 4.38. The standard InChI is InChI=1S/C19H18FNO/c20-17-7-5-9-19-16(17)12-14(13-21-10-3-4-11-21)15-6-1-2-8-18(15)22-19/h1-2,5-9,12H,3-4,10-11,13H2. The van der Waals surface area contributed by atoms with E-state index < -0.39 is 0 Å².